The van der Waals surface area contributed by atoms with Gasteiger partial charge in [-0.05, 0) is 76.2 Å². The molecule has 0 bridgehead atoms. The summed E-state index contributed by atoms with van der Waals surface area (Å²) in [5, 5.41) is 2.82. The Bertz CT molecular complexity index is 548. The molecule has 1 unspecified atom stereocenters. The van der Waals surface area contributed by atoms with Crippen LogP contribution in [0.5, 0.6) is 0 Å². The standard InChI is InChI=1S/C13H11Cl2IS/c1-7-4-11(14)8(2)3-10(7)13(15)9-5-12(16)17-6-9/h3-6,13H,1-2H3. The average Bonchev–Trinajstić information content (AvgIpc) is 2.69. The normalized spacial score (nSPS) is 12.8. The molecule has 90 valence electrons. The molecule has 0 nitrogen and oxygen atoms in total. The van der Waals surface area contributed by atoms with E-state index in [4.69, 9.17) is 23.2 Å². The molecule has 0 spiro atoms. The van der Waals surface area contributed by atoms with Crippen molar-refractivity contribution in [2.75, 3.05) is 0 Å². The van der Waals surface area contributed by atoms with Crippen molar-refractivity contribution in [3.05, 3.63) is 53.7 Å². The molecule has 2 aromatic rings. The second kappa shape index (κ2) is 5.47. The quantitative estimate of drug-likeness (QED) is 0.434. The molecule has 0 N–H and O–H groups in total. The van der Waals surface area contributed by atoms with E-state index in [2.05, 4.69) is 40.1 Å². The molecule has 1 atom stereocenters. The zero-order chi connectivity index (χ0) is 12.6. The molecule has 4 heteroatoms. The number of alkyl halides is 1. The predicted molar refractivity (Wildman–Crippen MR) is 85.7 cm³/mol. The third-order valence-electron chi connectivity index (χ3n) is 2.70. The fraction of sp³-hybridized carbons (Fsp3) is 0.231. The molecule has 0 aliphatic rings. The van der Waals surface area contributed by atoms with Gasteiger partial charge < -0.3 is 0 Å². The van der Waals surface area contributed by atoms with Crippen molar-refractivity contribution in [1.29, 1.82) is 0 Å². The SMILES string of the molecule is Cc1cc(C(Cl)c2csc(I)c2)c(C)cc1Cl. The number of halogens is 3. The van der Waals surface area contributed by atoms with Crippen LogP contribution < -0.4 is 0 Å². The Balaban J connectivity index is 2.43. The first-order valence-corrected chi connectivity index (χ1v) is 7.91. The molecular formula is C13H11Cl2IS. The van der Waals surface area contributed by atoms with Crippen LogP contribution in [-0.4, -0.2) is 0 Å². The first-order valence-electron chi connectivity index (χ1n) is 5.13. The van der Waals surface area contributed by atoms with Gasteiger partial charge in [0.05, 0.1) is 8.26 Å². The van der Waals surface area contributed by atoms with Gasteiger partial charge in [-0.1, -0.05) is 17.7 Å². The fourth-order valence-corrected chi connectivity index (χ4v) is 3.76. The van der Waals surface area contributed by atoms with E-state index < -0.39 is 0 Å². The Morgan fingerprint density at radius 3 is 2.47 bits per heavy atom. The highest BCUT2D eigenvalue weighted by Crippen LogP contribution is 2.35. The van der Waals surface area contributed by atoms with Gasteiger partial charge in [0.2, 0.25) is 0 Å². The number of hydrogen-bond acceptors (Lipinski definition) is 1. The molecule has 17 heavy (non-hydrogen) atoms. The Hall–Kier alpha value is 0.230. The maximum atomic E-state index is 6.53. The number of rotatable bonds is 2. The molecule has 1 heterocycles. The minimum Gasteiger partial charge on any atom is -0.137 e. The van der Waals surface area contributed by atoms with Crippen molar-refractivity contribution >= 4 is 57.1 Å². The molecule has 1 aromatic carbocycles. The fourth-order valence-electron chi connectivity index (χ4n) is 1.71. The largest absolute Gasteiger partial charge is 0.137 e. The lowest BCUT2D eigenvalue weighted by Gasteiger charge is -2.13. The summed E-state index contributed by atoms with van der Waals surface area (Å²) < 4.78 is 1.26. The summed E-state index contributed by atoms with van der Waals surface area (Å²) in [6.45, 7) is 4.06. The zero-order valence-corrected chi connectivity index (χ0v) is 13.9. The summed E-state index contributed by atoms with van der Waals surface area (Å²) in [5.74, 6) is 0. The van der Waals surface area contributed by atoms with Crippen molar-refractivity contribution in [2.45, 2.75) is 19.2 Å². The maximum Gasteiger partial charge on any atom is 0.0846 e. The van der Waals surface area contributed by atoms with E-state index >= 15 is 0 Å². The van der Waals surface area contributed by atoms with E-state index in [1.165, 1.54) is 2.88 Å². The zero-order valence-electron chi connectivity index (χ0n) is 9.43. The molecule has 0 radical (unpaired) electrons. The average molecular weight is 397 g/mol. The van der Waals surface area contributed by atoms with Crippen molar-refractivity contribution in [2.24, 2.45) is 0 Å². The van der Waals surface area contributed by atoms with Gasteiger partial charge in [0, 0.05) is 5.02 Å². The Kier molecular flexibility index (Phi) is 4.40. The number of aryl methyl sites for hydroxylation is 2. The van der Waals surface area contributed by atoms with Crippen molar-refractivity contribution in [3.8, 4) is 0 Å². The van der Waals surface area contributed by atoms with Crippen LogP contribution in [0.4, 0.5) is 0 Å². The molecule has 0 fully saturated rings. The van der Waals surface area contributed by atoms with E-state index in [0.717, 1.165) is 27.3 Å². The third kappa shape index (κ3) is 2.98. The van der Waals surface area contributed by atoms with Gasteiger partial charge in [-0.2, -0.15) is 0 Å². The van der Waals surface area contributed by atoms with E-state index in [1.54, 1.807) is 11.3 Å². The molecule has 0 aliphatic heterocycles. The highest BCUT2D eigenvalue weighted by atomic mass is 127. The van der Waals surface area contributed by atoms with Crippen molar-refractivity contribution in [3.63, 3.8) is 0 Å². The summed E-state index contributed by atoms with van der Waals surface area (Å²) in [6, 6.07) is 6.20. The molecule has 2 rings (SSSR count). The van der Waals surface area contributed by atoms with E-state index in [9.17, 15) is 0 Å². The summed E-state index contributed by atoms with van der Waals surface area (Å²) in [7, 11) is 0. The van der Waals surface area contributed by atoms with Gasteiger partial charge >= 0.3 is 0 Å². The van der Waals surface area contributed by atoms with Crippen LogP contribution in [0.25, 0.3) is 0 Å². The summed E-state index contributed by atoms with van der Waals surface area (Å²) >= 11 is 16.7. The molecular weight excluding hydrogens is 386 g/mol. The lowest BCUT2D eigenvalue weighted by molar-refractivity contribution is 1.11. The number of hydrogen-bond donors (Lipinski definition) is 0. The second-order valence-corrected chi connectivity index (χ2v) is 7.65. The molecule has 0 saturated heterocycles. The van der Waals surface area contributed by atoms with Crippen molar-refractivity contribution in [1.82, 2.24) is 0 Å². The minimum atomic E-state index is -0.0919. The van der Waals surface area contributed by atoms with Crippen LogP contribution >= 0.6 is 57.1 Å². The molecule has 0 saturated carbocycles. The van der Waals surface area contributed by atoms with Gasteiger partial charge in [0.25, 0.3) is 0 Å². The summed E-state index contributed by atoms with van der Waals surface area (Å²) in [4.78, 5) is 0. The molecule has 1 aromatic heterocycles. The first-order chi connectivity index (χ1) is 7.99. The predicted octanol–water partition coefficient (Wildman–Crippen LogP) is 5.95. The van der Waals surface area contributed by atoms with Crippen LogP contribution in [0.3, 0.4) is 0 Å². The Labute approximate surface area is 129 Å². The summed E-state index contributed by atoms with van der Waals surface area (Å²) in [6.07, 6.45) is 0. The van der Waals surface area contributed by atoms with Gasteiger partial charge in [0.15, 0.2) is 0 Å². The molecule has 0 aliphatic carbocycles. The topological polar surface area (TPSA) is 0 Å². The van der Waals surface area contributed by atoms with Crippen LogP contribution in [0.1, 0.15) is 27.6 Å². The first kappa shape index (κ1) is 13.7. The Morgan fingerprint density at radius 1 is 1.18 bits per heavy atom. The van der Waals surface area contributed by atoms with Crippen LogP contribution in [-0.2, 0) is 0 Å². The van der Waals surface area contributed by atoms with E-state index in [0.29, 0.717) is 0 Å². The summed E-state index contributed by atoms with van der Waals surface area (Å²) in [5.41, 5.74) is 4.51. The van der Waals surface area contributed by atoms with Gasteiger partial charge in [0.1, 0.15) is 0 Å². The molecule has 0 amide bonds. The lowest BCUT2D eigenvalue weighted by Crippen LogP contribution is -1.96. The van der Waals surface area contributed by atoms with Crippen LogP contribution in [0.15, 0.2) is 23.6 Å². The minimum absolute atomic E-state index is 0.0919. The number of benzene rings is 1. The van der Waals surface area contributed by atoms with E-state index in [1.807, 2.05) is 19.9 Å². The van der Waals surface area contributed by atoms with Crippen LogP contribution in [0, 0.1) is 16.7 Å². The van der Waals surface area contributed by atoms with Gasteiger partial charge in [-0.25, -0.2) is 0 Å². The highest BCUT2D eigenvalue weighted by Gasteiger charge is 2.15. The second-order valence-electron chi connectivity index (χ2n) is 4.00. The maximum absolute atomic E-state index is 6.53. The van der Waals surface area contributed by atoms with Gasteiger partial charge in [-0.3, -0.25) is 0 Å². The van der Waals surface area contributed by atoms with Gasteiger partial charge in [-0.15, -0.1) is 22.9 Å². The Morgan fingerprint density at radius 2 is 1.88 bits per heavy atom. The van der Waals surface area contributed by atoms with E-state index in [-0.39, 0.29) is 5.38 Å². The lowest BCUT2D eigenvalue weighted by atomic mass is 9.99. The number of thiophene rings is 1. The monoisotopic (exact) mass is 396 g/mol. The highest BCUT2D eigenvalue weighted by molar-refractivity contribution is 14.1. The smallest absolute Gasteiger partial charge is 0.0846 e. The van der Waals surface area contributed by atoms with Crippen LogP contribution in [0.2, 0.25) is 5.02 Å². The third-order valence-corrected chi connectivity index (χ3v) is 5.40. The van der Waals surface area contributed by atoms with Crippen molar-refractivity contribution < 1.29 is 0 Å².